The van der Waals surface area contributed by atoms with Gasteiger partial charge in [0.05, 0.1) is 12.8 Å². The SMILES string of the molecule is COc1cc(Br)ccc1N1CC(Br)CC1=O. The molecular weight excluding hydrogens is 338 g/mol. The lowest BCUT2D eigenvalue weighted by Crippen LogP contribution is -2.25. The standard InChI is InChI=1S/C11H11Br2NO2/c1-16-10-4-7(12)2-3-9(10)14-6-8(13)5-11(14)15/h2-4,8H,5-6H2,1H3. The van der Waals surface area contributed by atoms with Gasteiger partial charge in [-0.1, -0.05) is 31.9 Å². The summed E-state index contributed by atoms with van der Waals surface area (Å²) in [5, 5.41) is 0. The lowest BCUT2D eigenvalue weighted by Gasteiger charge is -2.19. The first-order valence-corrected chi connectivity index (χ1v) is 6.60. The van der Waals surface area contributed by atoms with Gasteiger partial charge in [-0.3, -0.25) is 4.79 Å². The topological polar surface area (TPSA) is 29.5 Å². The first kappa shape index (κ1) is 11.9. The lowest BCUT2D eigenvalue weighted by atomic mass is 10.2. The number of benzene rings is 1. The van der Waals surface area contributed by atoms with Crippen molar-refractivity contribution >= 4 is 43.5 Å². The number of nitrogens with zero attached hydrogens (tertiary/aromatic N) is 1. The molecule has 0 aliphatic carbocycles. The van der Waals surface area contributed by atoms with Crippen molar-refractivity contribution in [1.82, 2.24) is 0 Å². The van der Waals surface area contributed by atoms with E-state index in [2.05, 4.69) is 31.9 Å². The van der Waals surface area contributed by atoms with E-state index in [1.165, 1.54) is 0 Å². The van der Waals surface area contributed by atoms with Gasteiger partial charge in [-0.25, -0.2) is 0 Å². The average molecular weight is 349 g/mol. The number of carbonyl (C=O) groups is 1. The van der Waals surface area contributed by atoms with E-state index < -0.39 is 0 Å². The Morgan fingerprint density at radius 3 is 2.81 bits per heavy atom. The zero-order chi connectivity index (χ0) is 11.7. The fourth-order valence-electron chi connectivity index (χ4n) is 1.77. The summed E-state index contributed by atoms with van der Waals surface area (Å²) < 4.78 is 6.22. The molecule has 86 valence electrons. The van der Waals surface area contributed by atoms with Gasteiger partial charge in [0.2, 0.25) is 5.91 Å². The summed E-state index contributed by atoms with van der Waals surface area (Å²) >= 11 is 6.84. The van der Waals surface area contributed by atoms with Crippen molar-refractivity contribution in [1.29, 1.82) is 0 Å². The van der Waals surface area contributed by atoms with Gasteiger partial charge >= 0.3 is 0 Å². The Morgan fingerprint density at radius 2 is 2.25 bits per heavy atom. The van der Waals surface area contributed by atoms with Crippen LogP contribution in [0.25, 0.3) is 0 Å². The van der Waals surface area contributed by atoms with E-state index in [4.69, 9.17) is 4.74 Å². The second kappa shape index (κ2) is 4.75. The number of halogens is 2. The number of carbonyl (C=O) groups excluding carboxylic acids is 1. The number of anilines is 1. The molecule has 0 bridgehead atoms. The van der Waals surface area contributed by atoms with Crippen LogP contribution in [0.4, 0.5) is 5.69 Å². The molecule has 1 atom stereocenters. The van der Waals surface area contributed by atoms with Crippen molar-refractivity contribution in [2.24, 2.45) is 0 Å². The van der Waals surface area contributed by atoms with Crippen molar-refractivity contribution in [3.8, 4) is 5.75 Å². The summed E-state index contributed by atoms with van der Waals surface area (Å²) in [6.45, 7) is 0.691. The first-order valence-electron chi connectivity index (χ1n) is 4.90. The minimum Gasteiger partial charge on any atom is -0.495 e. The minimum absolute atomic E-state index is 0.127. The minimum atomic E-state index is 0.127. The van der Waals surface area contributed by atoms with Gasteiger partial charge < -0.3 is 9.64 Å². The molecule has 3 nitrogen and oxygen atoms in total. The zero-order valence-corrected chi connectivity index (χ0v) is 11.9. The molecule has 16 heavy (non-hydrogen) atoms. The fourth-order valence-corrected chi connectivity index (χ4v) is 2.68. The predicted octanol–water partition coefficient (Wildman–Crippen LogP) is 2.96. The second-order valence-corrected chi connectivity index (χ2v) is 5.83. The first-order chi connectivity index (χ1) is 7.61. The third-order valence-electron chi connectivity index (χ3n) is 2.51. The van der Waals surface area contributed by atoms with Gasteiger partial charge in [-0.15, -0.1) is 0 Å². The van der Waals surface area contributed by atoms with E-state index in [0.29, 0.717) is 18.7 Å². The molecular formula is C11H11Br2NO2. The van der Waals surface area contributed by atoms with Gasteiger partial charge in [-0.05, 0) is 18.2 Å². The average Bonchev–Trinajstić information content (AvgIpc) is 2.57. The molecule has 1 aromatic rings. The van der Waals surface area contributed by atoms with Crippen molar-refractivity contribution < 1.29 is 9.53 Å². The molecule has 0 saturated carbocycles. The van der Waals surface area contributed by atoms with Crippen LogP contribution in [-0.4, -0.2) is 24.4 Å². The molecule has 2 rings (SSSR count). The van der Waals surface area contributed by atoms with Crippen molar-refractivity contribution in [3.05, 3.63) is 22.7 Å². The number of hydrogen-bond acceptors (Lipinski definition) is 2. The van der Waals surface area contributed by atoms with E-state index in [9.17, 15) is 4.79 Å². The number of hydrogen-bond donors (Lipinski definition) is 0. The molecule has 1 amide bonds. The number of alkyl halides is 1. The van der Waals surface area contributed by atoms with Crippen LogP contribution in [0.2, 0.25) is 0 Å². The second-order valence-electron chi connectivity index (χ2n) is 3.62. The molecule has 5 heteroatoms. The number of amides is 1. The Hall–Kier alpha value is -0.550. The van der Waals surface area contributed by atoms with Crippen molar-refractivity contribution in [2.75, 3.05) is 18.6 Å². The maximum Gasteiger partial charge on any atom is 0.228 e. The molecule has 0 aromatic heterocycles. The van der Waals surface area contributed by atoms with E-state index in [0.717, 1.165) is 10.2 Å². The summed E-state index contributed by atoms with van der Waals surface area (Å²) in [6.07, 6.45) is 0.541. The van der Waals surface area contributed by atoms with Crippen LogP contribution < -0.4 is 9.64 Å². The van der Waals surface area contributed by atoms with Crippen LogP contribution in [0, 0.1) is 0 Å². The summed E-state index contributed by atoms with van der Waals surface area (Å²) in [7, 11) is 1.61. The summed E-state index contributed by atoms with van der Waals surface area (Å²) in [6, 6.07) is 5.67. The maximum atomic E-state index is 11.8. The summed E-state index contributed by atoms with van der Waals surface area (Å²) in [5.74, 6) is 0.840. The third kappa shape index (κ3) is 2.25. The maximum absolute atomic E-state index is 11.8. The Kier molecular flexibility index (Phi) is 3.54. The Morgan fingerprint density at radius 1 is 1.50 bits per heavy atom. The smallest absolute Gasteiger partial charge is 0.228 e. The highest BCUT2D eigenvalue weighted by molar-refractivity contribution is 9.10. The fraction of sp³-hybridized carbons (Fsp3) is 0.364. The molecule has 0 spiro atoms. The highest BCUT2D eigenvalue weighted by Crippen LogP contribution is 2.34. The van der Waals surface area contributed by atoms with Gasteiger partial charge in [0, 0.05) is 22.3 Å². The van der Waals surface area contributed by atoms with Crippen LogP contribution in [0.15, 0.2) is 22.7 Å². The lowest BCUT2D eigenvalue weighted by molar-refractivity contribution is -0.117. The zero-order valence-electron chi connectivity index (χ0n) is 8.74. The van der Waals surface area contributed by atoms with Gasteiger partial charge in [0.25, 0.3) is 0 Å². The summed E-state index contributed by atoms with van der Waals surface area (Å²) in [4.78, 5) is 13.8. The van der Waals surface area contributed by atoms with Crippen LogP contribution in [-0.2, 0) is 4.79 Å². The van der Waals surface area contributed by atoms with Crippen LogP contribution >= 0.6 is 31.9 Å². The van der Waals surface area contributed by atoms with Crippen LogP contribution in [0.5, 0.6) is 5.75 Å². The quantitative estimate of drug-likeness (QED) is 0.769. The molecule has 1 aromatic carbocycles. The number of methoxy groups -OCH3 is 1. The molecule has 1 aliphatic heterocycles. The normalized spacial score (nSPS) is 20.3. The van der Waals surface area contributed by atoms with Gasteiger partial charge in [0.15, 0.2) is 0 Å². The third-order valence-corrected chi connectivity index (χ3v) is 3.62. The van der Waals surface area contributed by atoms with Crippen molar-refractivity contribution in [2.45, 2.75) is 11.2 Å². The molecule has 1 heterocycles. The highest BCUT2D eigenvalue weighted by atomic mass is 79.9. The van der Waals surface area contributed by atoms with Gasteiger partial charge in [-0.2, -0.15) is 0 Å². The van der Waals surface area contributed by atoms with Crippen LogP contribution in [0.1, 0.15) is 6.42 Å². The Labute approximate surface area is 111 Å². The largest absolute Gasteiger partial charge is 0.495 e. The van der Waals surface area contributed by atoms with E-state index >= 15 is 0 Å². The molecule has 1 fully saturated rings. The van der Waals surface area contributed by atoms with Crippen molar-refractivity contribution in [3.63, 3.8) is 0 Å². The highest BCUT2D eigenvalue weighted by Gasteiger charge is 2.30. The number of rotatable bonds is 2. The van der Waals surface area contributed by atoms with E-state index in [1.807, 2.05) is 18.2 Å². The molecule has 1 aliphatic rings. The molecule has 1 saturated heterocycles. The predicted molar refractivity (Wildman–Crippen MR) is 70.4 cm³/mol. The van der Waals surface area contributed by atoms with E-state index in [-0.39, 0.29) is 10.7 Å². The van der Waals surface area contributed by atoms with E-state index in [1.54, 1.807) is 12.0 Å². The molecule has 1 unspecified atom stereocenters. The Bertz CT molecular complexity index is 422. The summed E-state index contributed by atoms with van der Waals surface area (Å²) in [5.41, 5.74) is 0.831. The monoisotopic (exact) mass is 347 g/mol. The number of ether oxygens (including phenoxy) is 1. The molecule has 0 radical (unpaired) electrons. The Balaban J connectivity index is 2.36. The molecule has 0 N–H and O–H groups in total. The van der Waals surface area contributed by atoms with Gasteiger partial charge in [0.1, 0.15) is 5.75 Å². The van der Waals surface area contributed by atoms with Crippen LogP contribution in [0.3, 0.4) is 0 Å².